The number of fused-ring (bicyclic) bond motifs is 1. The lowest BCUT2D eigenvalue weighted by molar-refractivity contribution is -0.145. The summed E-state index contributed by atoms with van der Waals surface area (Å²) in [4.78, 5) is 35.3. The number of ether oxygens (including phenoxy) is 1. The highest BCUT2D eigenvalue weighted by Crippen LogP contribution is 2.31. The second-order valence-electron chi connectivity index (χ2n) is 10.6. The van der Waals surface area contributed by atoms with Crippen molar-refractivity contribution in [2.24, 2.45) is 5.92 Å². The van der Waals surface area contributed by atoms with Gasteiger partial charge in [-0.05, 0) is 64.6 Å². The zero-order valence-corrected chi connectivity index (χ0v) is 22.3. The van der Waals surface area contributed by atoms with Crippen molar-refractivity contribution in [3.05, 3.63) is 42.2 Å². The number of hydrogen-bond donors (Lipinski definition) is 3. The molecule has 3 aromatic rings. The van der Waals surface area contributed by atoms with Crippen molar-refractivity contribution >= 4 is 34.7 Å². The molecule has 1 amide bonds. The number of anilines is 3. The second-order valence-corrected chi connectivity index (χ2v) is 10.6. The molecule has 5 rings (SSSR count). The quantitative estimate of drug-likeness (QED) is 0.314. The van der Waals surface area contributed by atoms with Crippen molar-refractivity contribution in [3.8, 4) is 0 Å². The molecule has 0 atom stereocenters. The third kappa shape index (κ3) is 6.99. The van der Waals surface area contributed by atoms with Crippen LogP contribution in [0.15, 0.2) is 30.7 Å². The SMILES string of the molecule is CN(C)CCOC(=O)CC1CCC(Nc2cc(NC3CC3)c3ncc(C(=O)Nc4ccncc4F)n3n2)CC1. The number of carbonyl (C=O) groups is 2. The molecule has 0 radical (unpaired) electrons. The Morgan fingerprint density at radius 2 is 1.82 bits per heavy atom. The number of imidazole rings is 1. The van der Waals surface area contributed by atoms with E-state index in [9.17, 15) is 14.0 Å². The second kappa shape index (κ2) is 11.9. The molecular weight excluding hydrogens is 503 g/mol. The zero-order valence-electron chi connectivity index (χ0n) is 22.3. The summed E-state index contributed by atoms with van der Waals surface area (Å²) in [6.07, 6.45) is 10.2. The first-order chi connectivity index (χ1) is 18.9. The van der Waals surface area contributed by atoms with Gasteiger partial charge in [0.15, 0.2) is 17.2 Å². The molecule has 3 aromatic heterocycles. The molecule has 39 heavy (non-hydrogen) atoms. The number of amides is 1. The van der Waals surface area contributed by atoms with Crippen LogP contribution in [-0.2, 0) is 9.53 Å². The van der Waals surface area contributed by atoms with Gasteiger partial charge >= 0.3 is 5.97 Å². The van der Waals surface area contributed by atoms with E-state index in [1.807, 2.05) is 25.1 Å². The van der Waals surface area contributed by atoms with E-state index in [1.165, 1.54) is 23.0 Å². The van der Waals surface area contributed by atoms with E-state index in [0.717, 1.165) is 57.0 Å². The minimum atomic E-state index is -0.622. The Hall–Kier alpha value is -3.80. The molecule has 2 aliphatic carbocycles. The van der Waals surface area contributed by atoms with E-state index in [4.69, 9.17) is 4.74 Å². The fraction of sp³-hybridized carbons (Fsp3) is 0.519. The topological polar surface area (TPSA) is 126 Å². The summed E-state index contributed by atoms with van der Waals surface area (Å²) >= 11 is 0. The number of aromatic nitrogens is 4. The van der Waals surface area contributed by atoms with E-state index < -0.39 is 11.7 Å². The molecule has 2 fully saturated rings. The maximum Gasteiger partial charge on any atom is 0.306 e. The van der Waals surface area contributed by atoms with Crippen LogP contribution < -0.4 is 16.0 Å². The van der Waals surface area contributed by atoms with Crippen LogP contribution >= 0.6 is 0 Å². The average Bonchev–Trinajstić information content (AvgIpc) is 3.61. The summed E-state index contributed by atoms with van der Waals surface area (Å²) in [5.41, 5.74) is 1.55. The molecule has 0 bridgehead atoms. The molecule has 0 aromatic carbocycles. The Balaban J connectivity index is 1.25. The first-order valence-electron chi connectivity index (χ1n) is 13.5. The molecule has 0 unspecified atom stereocenters. The van der Waals surface area contributed by atoms with Gasteiger partial charge in [0.25, 0.3) is 5.91 Å². The third-order valence-corrected chi connectivity index (χ3v) is 7.11. The van der Waals surface area contributed by atoms with E-state index in [-0.39, 0.29) is 23.4 Å². The molecule has 0 spiro atoms. The maximum absolute atomic E-state index is 14.1. The number of esters is 1. The minimum absolute atomic E-state index is 0.0360. The van der Waals surface area contributed by atoms with Crippen LogP contribution in [0.3, 0.4) is 0 Å². The summed E-state index contributed by atoms with van der Waals surface area (Å²) < 4.78 is 20.9. The molecule has 12 heteroatoms. The van der Waals surface area contributed by atoms with Gasteiger partial charge in [0.1, 0.15) is 12.4 Å². The van der Waals surface area contributed by atoms with Gasteiger partial charge in [0.2, 0.25) is 0 Å². The largest absolute Gasteiger partial charge is 0.464 e. The van der Waals surface area contributed by atoms with Crippen LogP contribution in [0.5, 0.6) is 0 Å². The van der Waals surface area contributed by atoms with E-state index in [0.29, 0.717) is 36.5 Å². The number of carbonyl (C=O) groups excluding carboxylic acids is 2. The predicted molar refractivity (Wildman–Crippen MR) is 145 cm³/mol. The Morgan fingerprint density at radius 3 is 2.54 bits per heavy atom. The van der Waals surface area contributed by atoms with Gasteiger partial charge in [-0.1, -0.05) is 0 Å². The van der Waals surface area contributed by atoms with Crippen LogP contribution in [0.4, 0.5) is 21.6 Å². The number of nitrogens with one attached hydrogen (secondary N) is 3. The molecule has 3 heterocycles. The molecular formula is C27H35FN8O3. The van der Waals surface area contributed by atoms with Crippen molar-refractivity contribution < 1.29 is 18.7 Å². The zero-order chi connectivity index (χ0) is 27.4. The first-order valence-corrected chi connectivity index (χ1v) is 13.5. The van der Waals surface area contributed by atoms with Gasteiger partial charge in [0, 0.05) is 37.3 Å². The molecule has 0 aliphatic heterocycles. The monoisotopic (exact) mass is 538 g/mol. The van der Waals surface area contributed by atoms with Crippen molar-refractivity contribution in [2.75, 3.05) is 43.2 Å². The van der Waals surface area contributed by atoms with Gasteiger partial charge in [-0.25, -0.2) is 13.9 Å². The van der Waals surface area contributed by atoms with Crippen LogP contribution in [0.2, 0.25) is 0 Å². The third-order valence-electron chi connectivity index (χ3n) is 7.11. The molecule has 11 nitrogen and oxygen atoms in total. The number of nitrogens with zero attached hydrogens (tertiary/aromatic N) is 5. The molecule has 3 N–H and O–H groups in total. The molecule has 208 valence electrons. The van der Waals surface area contributed by atoms with Crippen molar-refractivity contribution in [3.63, 3.8) is 0 Å². The summed E-state index contributed by atoms with van der Waals surface area (Å²) in [6, 6.07) is 3.89. The number of halogens is 1. The fourth-order valence-electron chi connectivity index (χ4n) is 4.77. The Kier molecular flexibility index (Phi) is 8.20. The van der Waals surface area contributed by atoms with Gasteiger partial charge in [0.05, 0.1) is 23.8 Å². The summed E-state index contributed by atoms with van der Waals surface area (Å²) in [6.45, 7) is 1.14. The number of pyridine rings is 1. The number of hydrogen-bond acceptors (Lipinski definition) is 9. The highest BCUT2D eigenvalue weighted by atomic mass is 19.1. The Bertz CT molecular complexity index is 1320. The highest BCUT2D eigenvalue weighted by Gasteiger charge is 2.27. The Labute approximate surface area is 226 Å². The minimum Gasteiger partial charge on any atom is -0.464 e. The van der Waals surface area contributed by atoms with Crippen LogP contribution in [0, 0.1) is 11.7 Å². The van der Waals surface area contributed by atoms with Crippen LogP contribution in [0.1, 0.15) is 55.4 Å². The normalized spacial score (nSPS) is 19.2. The van der Waals surface area contributed by atoms with Gasteiger partial charge in [-0.15, -0.1) is 5.10 Å². The summed E-state index contributed by atoms with van der Waals surface area (Å²) in [5.74, 6) is -0.334. The lowest BCUT2D eigenvalue weighted by Crippen LogP contribution is -2.28. The molecule has 2 aliphatic rings. The van der Waals surface area contributed by atoms with Gasteiger partial charge in [-0.2, -0.15) is 0 Å². The lowest BCUT2D eigenvalue weighted by atomic mass is 9.84. The van der Waals surface area contributed by atoms with E-state index >= 15 is 0 Å². The van der Waals surface area contributed by atoms with Crippen LogP contribution in [0.25, 0.3) is 5.65 Å². The van der Waals surface area contributed by atoms with Gasteiger partial charge in [-0.3, -0.25) is 14.6 Å². The summed E-state index contributed by atoms with van der Waals surface area (Å²) in [7, 11) is 3.90. The van der Waals surface area contributed by atoms with Crippen molar-refractivity contribution in [1.82, 2.24) is 24.5 Å². The van der Waals surface area contributed by atoms with E-state index in [1.54, 1.807) is 0 Å². The first kappa shape index (κ1) is 26.8. The molecule has 0 saturated heterocycles. The highest BCUT2D eigenvalue weighted by molar-refractivity contribution is 6.03. The number of rotatable bonds is 11. The fourth-order valence-corrected chi connectivity index (χ4v) is 4.77. The smallest absolute Gasteiger partial charge is 0.306 e. The molecule has 2 saturated carbocycles. The Morgan fingerprint density at radius 1 is 1.08 bits per heavy atom. The number of likely N-dealkylation sites (N-methyl/N-ethyl adjacent to an activating group) is 1. The average molecular weight is 539 g/mol. The van der Waals surface area contributed by atoms with Crippen molar-refractivity contribution in [2.45, 2.75) is 57.0 Å². The predicted octanol–water partition coefficient (Wildman–Crippen LogP) is 3.56. The van der Waals surface area contributed by atoms with Crippen LogP contribution in [-0.4, -0.2) is 75.7 Å². The summed E-state index contributed by atoms with van der Waals surface area (Å²) in [5, 5.41) is 14.3. The van der Waals surface area contributed by atoms with Gasteiger partial charge < -0.3 is 25.6 Å². The van der Waals surface area contributed by atoms with Crippen molar-refractivity contribution in [1.29, 1.82) is 0 Å². The standard InChI is InChI=1S/C27H35FN8O3/c1-35(2)11-12-39-25(37)13-17-3-5-19(6-4-17)32-24-14-22(31-18-7-8-18)26-30-16-23(36(26)34-24)27(38)33-21-9-10-29-15-20(21)28/h9-10,14-19,31H,3-8,11-13H2,1-2H3,(H,32,34)(H,29,33,38). The lowest BCUT2D eigenvalue weighted by Gasteiger charge is -2.29. The maximum atomic E-state index is 14.1. The van der Waals surface area contributed by atoms with E-state index in [2.05, 4.69) is 31.0 Å².